The molecule has 3 aromatic rings. The van der Waals surface area contributed by atoms with Crippen LogP contribution >= 0.6 is 23.1 Å². The number of nitrogens with zero attached hydrogens (tertiary/aromatic N) is 1. The maximum atomic E-state index is 13.0. The number of ether oxygens (including phenoxy) is 2. The Morgan fingerprint density at radius 3 is 2.88 bits per heavy atom. The van der Waals surface area contributed by atoms with E-state index in [2.05, 4.69) is 15.6 Å². The third kappa shape index (κ3) is 4.18. The number of aromatic nitrogens is 1. The summed E-state index contributed by atoms with van der Waals surface area (Å²) in [6.07, 6.45) is 4.51. The fourth-order valence-corrected chi connectivity index (χ4v) is 5.38. The number of thiazole rings is 1. The van der Waals surface area contributed by atoms with Gasteiger partial charge in [0.25, 0.3) is 5.91 Å². The summed E-state index contributed by atoms with van der Waals surface area (Å²) in [5.41, 5.74) is 2.01. The number of benzene rings is 2. The minimum atomic E-state index is -0.330. The van der Waals surface area contributed by atoms with E-state index in [0.29, 0.717) is 22.2 Å². The number of rotatable bonds is 5. The zero-order valence-corrected chi connectivity index (χ0v) is 19.0. The van der Waals surface area contributed by atoms with Crippen LogP contribution in [0.3, 0.4) is 0 Å². The van der Waals surface area contributed by atoms with Gasteiger partial charge in [-0.25, -0.2) is 4.98 Å². The Morgan fingerprint density at radius 1 is 1.12 bits per heavy atom. The van der Waals surface area contributed by atoms with E-state index in [4.69, 9.17) is 9.47 Å². The molecule has 7 nitrogen and oxygen atoms in total. The third-order valence-corrected chi connectivity index (χ3v) is 7.23. The molecule has 2 N–H and O–H groups in total. The van der Waals surface area contributed by atoms with Crippen molar-refractivity contribution in [3.8, 4) is 11.5 Å². The molecule has 2 amide bonds. The van der Waals surface area contributed by atoms with Crippen molar-refractivity contribution in [1.29, 1.82) is 0 Å². The van der Waals surface area contributed by atoms with Gasteiger partial charge in [-0.1, -0.05) is 6.07 Å². The molecule has 0 saturated carbocycles. The van der Waals surface area contributed by atoms with Gasteiger partial charge in [0.1, 0.15) is 0 Å². The molecular weight excluding hydrogens is 446 g/mol. The summed E-state index contributed by atoms with van der Waals surface area (Å²) in [5, 5.41) is 6.40. The van der Waals surface area contributed by atoms with Crippen molar-refractivity contribution in [2.45, 2.75) is 30.1 Å². The summed E-state index contributed by atoms with van der Waals surface area (Å²) in [4.78, 5) is 32.5. The predicted octanol–water partition coefficient (Wildman–Crippen LogP) is 4.90. The van der Waals surface area contributed by atoms with Gasteiger partial charge in [0.05, 0.1) is 11.6 Å². The highest BCUT2D eigenvalue weighted by atomic mass is 32.2. The lowest BCUT2D eigenvalue weighted by Gasteiger charge is -2.20. The van der Waals surface area contributed by atoms with Crippen molar-refractivity contribution in [1.82, 2.24) is 4.98 Å². The van der Waals surface area contributed by atoms with Gasteiger partial charge in [-0.3, -0.25) is 14.9 Å². The van der Waals surface area contributed by atoms with Crippen LogP contribution in [0, 0.1) is 0 Å². The van der Waals surface area contributed by atoms with E-state index < -0.39 is 0 Å². The molecular formula is C23H21N3O4S2. The van der Waals surface area contributed by atoms with E-state index in [9.17, 15) is 9.59 Å². The summed E-state index contributed by atoms with van der Waals surface area (Å²) < 4.78 is 10.6. The molecule has 9 heteroatoms. The lowest BCUT2D eigenvalue weighted by molar-refractivity contribution is -0.117. The Labute approximate surface area is 193 Å². The Morgan fingerprint density at radius 2 is 2.00 bits per heavy atom. The van der Waals surface area contributed by atoms with Crippen molar-refractivity contribution in [3.05, 3.63) is 58.6 Å². The SMILES string of the molecule is CSc1cccc(NC(=O)C2CCCc3sc(NC(=O)c4ccc5c(c4)OCO5)nc32)c1. The highest BCUT2D eigenvalue weighted by molar-refractivity contribution is 7.98. The molecule has 0 fully saturated rings. The van der Waals surface area contributed by atoms with Gasteiger partial charge in [-0.15, -0.1) is 23.1 Å². The lowest BCUT2D eigenvalue weighted by Crippen LogP contribution is -2.24. The van der Waals surface area contributed by atoms with Crippen molar-refractivity contribution >= 4 is 45.7 Å². The number of aryl methyl sites for hydroxylation is 1. The molecule has 2 aromatic carbocycles. The molecule has 1 aliphatic heterocycles. The molecule has 32 heavy (non-hydrogen) atoms. The van der Waals surface area contributed by atoms with Gasteiger partial charge in [-0.05, 0) is 61.9 Å². The number of nitrogens with one attached hydrogen (secondary N) is 2. The number of fused-ring (bicyclic) bond motifs is 2. The first-order valence-electron chi connectivity index (χ1n) is 10.3. The van der Waals surface area contributed by atoms with E-state index in [1.807, 2.05) is 30.5 Å². The molecule has 0 spiro atoms. The van der Waals surface area contributed by atoms with E-state index in [1.54, 1.807) is 30.0 Å². The zero-order chi connectivity index (χ0) is 22.1. The van der Waals surface area contributed by atoms with E-state index in [-0.39, 0.29) is 24.5 Å². The molecule has 0 bridgehead atoms. The van der Waals surface area contributed by atoms with Crippen molar-refractivity contribution in [2.75, 3.05) is 23.7 Å². The van der Waals surface area contributed by atoms with Gasteiger partial charge < -0.3 is 14.8 Å². The minimum Gasteiger partial charge on any atom is -0.454 e. The van der Waals surface area contributed by atoms with Crippen LogP contribution in [-0.2, 0) is 11.2 Å². The topological polar surface area (TPSA) is 89.6 Å². The monoisotopic (exact) mass is 467 g/mol. The van der Waals surface area contributed by atoms with Crippen LogP contribution in [-0.4, -0.2) is 29.8 Å². The summed E-state index contributed by atoms with van der Waals surface area (Å²) in [7, 11) is 0. The average molecular weight is 468 g/mol. The normalized spacial score (nSPS) is 16.3. The second-order valence-electron chi connectivity index (χ2n) is 7.52. The van der Waals surface area contributed by atoms with Gasteiger partial charge in [0.15, 0.2) is 16.6 Å². The number of amides is 2. The summed E-state index contributed by atoms with van der Waals surface area (Å²) in [6.45, 7) is 0.157. The summed E-state index contributed by atoms with van der Waals surface area (Å²) in [5.74, 6) is 0.512. The molecule has 2 heterocycles. The Kier molecular flexibility index (Phi) is 5.75. The number of carbonyl (C=O) groups excluding carboxylic acids is 2. The smallest absolute Gasteiger partial charge is 0.257 e. The first kappa shape index (κ1) is 20.8. The molecule has 1 aromatic heterocycles. The van der Waals surface area contributed by atoms with Crippen molar-refractivity contribution in [2.24, 2.45) is 0 Å². The molecule has 164 valence electrons. The van der Waals surface area contributed by atoms with E-state index in [0.717, 1.165) is 40.4 Å². The molecule has 1 atom stereocenters. The van der Waals surface area contributed by atoms with Crippen LogP contribution in [0.1, 0.15) is 39.7 Å². The molecule has 0 saturated heterocycles. The number of anilines is 2. The van der Waals surface area contributed by atoms with Crippen LogP contribution in [0.4, 0.5) is 10.8 Å². The summed E-state index contributed by atoms with van der Waals surface area (Å²) in [6, 6.07) is 12.9. The van der Waals surface area contributed by atoms with Crippen molar-refractivity contribution in [3.63, 3.8) is 0 Å². The standard InChI is InChI=1S/C23H21N3O4S2/c1-31-15-5-2-4-14(11-15)24-22(28)16-6-3-7-19-20(16)25-23(32-19)26-21(27)13-8-9-17-18(10-13)30-12-29-17/h2,4-5,8-11,16H,3,6-7,12H2,1H3,(H,24,28)(H,25,26,27). The van der Waals surface area contributed by atoms with Crippen LogP contribution in [0.15, 0.2) is 47.4 Å². The van der Waals surface area contributed by atoms with Crippen LogP contribution in [0.5, 0.6) is 11.5 Å². The predicted molar refractivity (Wildman–Crippen MR) is 125 cm³/mol. The molecule has 2 aliphatic rings. The summed E-state index contributed by atoms with van der Waals surface area (Å²) >= 11 is 3.07. The second-order valence-corrected chi connectivity index (χ2v) is 9.48. The highest BCUT2D eigenvalue weighted by Crippen LogP contribution is 2.38. The number of hydrogen-bond acceptors (Lipinski definition) is 7. The van der Waals surface area contributed by atoms with Gasteiger partial charge >= 0.3 is 0 Å². The Bertz CT molecular complexity index is 1190. The molecule has 1 unspecified atom stereocenters. The van der Waals surface area contributed by atoms with Crippen molar-refractivity contribution < 1.29 is 19.1 Å². The van der Waals surface area contributed by atoms with Crippen LogP contribution in [0.25, 0.3) is 0 Å². The zero-order valence-electron chi connectivity index (χ0n) is 17.3. The van der Waals surface area contributed by atoms with Gasteiger partial charge in [0, 0.05) is 21.0 Å². The number of hydrogen-bond donors (Lipinski definition) is 2. The largest absolute Gasteiger partial charge is 0.454 e. The maximum absolute atomic E-state index is 13.0. The number of carbonyl (C=O) groups is 2. The minimum absolute atomic E-state index is 0.0665. The average Bonchev–Trinajstić information content (AvgIpc) is 3.44. The van der Waals surface area contributed by atoms with E-state index in [1.165, 1.54) is 11.3 Å². The maximum Gasteiger partial charge on any atom is 0.257 e. The molecule has 0 radical (unpaired) electrons. The lowest BCUT2D eigenvalue weighted by atomic mass is 9.90. The number of thioether (sulfide) groups is 1. The van der Waals surface area contributed by atoms with Crippen LogP contribution < -0.4 is 20.1 Å². The second kappa shape index (κ2) is 8.84. The third-order valence-electron chi connectivity index (χ3n) is 5.46. The Hall–Kier alpha value is -3.04. The van der Waals surface area contributed by atoms with Gasteiger partial charge in [0.2, 0.25) is 12.7 Å². The first-order chi connectivity index (χ1) is 15.6. The van der Waals surface area contributed by atoms with Gasteiger partial charge in [-0.2, -0.15) is 0 Å². The van der Waals surface area contributed by atoms with E-state index >= 15 is 0 Å². The highest BCUT2D eigenvalue weighted by Gasteiger charge is 2.31. The Balaban J connectivity index is 1.31. The molecule has 1 aliphatic carbocycles. The quantitative estimate of drug-likeness (QED) is 0.519. The van der Waals surface area contributed by atoms with Crippen LogP contribution in [0.2, 0.25) is 0 Å². The fraction of sp³-hybridized carbons (Fsp3) is 0.261. The first-order valence-corrected chi connectivity index (χ1v) is 12.3. The molecule has 5 rings (SSSR count). The fourth-order valence-electron chi connectivity index (χ4n) is 3.86.